The van der Waals surface area contributed by atoms with E-state index < -0.39 is 0 Å². The van der Waals surface area contributed by atoms with E-state index in [4.69, 9.17) is 5.11 Å². The van der Waals surface area contributed by atoms with Crippen molar-refractivity contribution >= 4 is 21.8 Å². The fraction of sp³-hybridized carbons (Fsp3) is 0.692. The van der Waals surface area contributed by atoms with Crippen molar-refractivity contribution < 1.29 is 9.90 Å². The van der Waals surface area contributed by atoms with E-state index in [1.54, 1.807) is 17.9 Å². The average Bonchev–Trinajstić information content (AvgIpc) is 2.59. The average molecular weight is 330 g/mol. The zero-order chi connectivity index (χ0) is 13.8. The highest BCUT2D eigenvalue weighted by Crippen LogP contribution is 2.23. The van der Waals surface area contributed by atoms with Crippen LogP contribution in [0.1, 0.15) is 36.2 Å². The van der Waals surface area contributed by atoms with Crippen molar-refractivity contribution in [2.75, 3.05) is 19.7 Å². The number of hydrogen-bond donors (Lipinski definition) is 1. The van der Waals surface area contributed by atoms with Gasteiger partial charge in [0, 0.05) is 32.9 Å². The summed E-state index contributed by atoms with van der Waals surface area (Å²) in [7, 11) is 1.81. The molecule has 5 nitrogen and oxygen atoms in total. The fourth-order valence-corrected chi connectivity index (χ4v) is 3.14. The minimum absolute atomic E-state index is 0.00266. The van der Waals surface area contributed by atoms with Crippen LogP contribution in [0.4, 0.5) is 0 Å². The highest BCUT2D eigenvalue weighted by Gasteiger charge is 2.24. The minimum Gasteiger partial charge on any atom is -0.396 e. The molecular formula is C13H20BrN3O2. The maximum absolute atomic E-state index is 12.4. The van der Waals surface area contributed by atoms with E-state index in [1.807, 2.05) is 4.90 Å². The van der Waals surface area contributed by atoms with Gasteiger partial charge in [-0.15, -0.1) is 0 Å². The first-order valence-corrected chi connectivity index (χ1v) is 7.50. The van der Waals surface area contributed by atoms with E-state index in [9.17, 15) is 4.79 Å². The predicted molar refractivity (Wildman–Crippen MR) is 75.9 cm³/mol. The largest absolute Gasteiger partial charge is 0.396 e. The zero-order valence-corrected chi connectivity index (χ0v) is 12.8. The van der Waals surface area contributed by atoms with Gasteiger partial charge in [0.25, 0.3) is 5.91 Å². The zero-order valence-electron chi connectivity index (χ0n) is 11.2. The van der Waals surface area contributed by atoms with Crippen LogP contribution in [-0.2, 0) is 7.05 Å². The number of nitrogens with zero attached hydrogens (tertiary/aromatic N) is 3. The third kappa shape index (κ3) is 3.57. The molecule has 1 N–H and O–H groups in total. The highest BCUT2D eigenvalue weighted by molar-refractivity contribution is 9.10. The van der Waals surface area contributed by atoms with Crippen molar-refractivity contribution in [2.24, 2.45) is 13.0 Å². The molecule has 6 heteroatoms. The first kappa shape index (κ1) is 14.5. The Kier molecular flexibility index (Phi) is 4.99. The number of aliphatic hydroxyl groups excluding tert-OH is 1. The molecule has 1 unspecified atom stereocenters. The Bertz CT molecular complexity index is 447. The molecule has 0 spiro atoms. The third-order valence-electron chi connectivity index (χ3n) is 3.66. The monoisotopic (exact) mass is 329 g/mol. The summed E-state index contributed by atoms with van der Waals surface area (Å²) >= 11 is 3.38. The Balaban J connectivity index is 2.02. The summed E-state index contributed by atoms with van der Waals surface area (Å²) in [5, 5.41) is 13.2. The molecule has 106 valence electrons. The molecule has 1 saturated heterocycles. The minimum atomic E-state index is -0.00266. The summed E-state index contributed by atoms with van der Waals surface area (Å²) in [6.07, 6.45) is 5.69. The number of aliphatic hydroxyl groups is 1. The maximum atomic E-state index is 12.4. The van der Waals surface area contributed by atoms with Gasteiger partial charge >= 0.3 is 0 Å². The SMILES string of the molecule is Cn1cc(Br)c(C(=O)N2CCCC(CCO)CC2)n1. The Hall–Kier alpha value is -0.880. The lowest BCUT2D eigenvalue weighted by atomic mass is 9.98. The lowest BCUT2D eigenvalue weighted by molar-refractivity contribution is 0.0752. The topological polar surface area (TPSA) is 58.4 Å². The number of carbonyl (C=O) groups excluding carboxylic acids is 1. The number of hydrogen-bond acceptors (Lipinski definition) is 3. The molecule has 1 aromatic rings. The molecule has 0 saturated carbocycles. The van der Waals surface area contributed by atoms with Gasteiger partial charge in [0.2, 0.25) is 0 Å². The van der Waals surface area contributed by atoms with Crippen LogP contribution < -0.4 is 0 Å². The normalized spacial score (nSPS) is 20.4. The molecule has 1 aromatic heterocycles. The van der Waals surface area contributed by atoms with Gasteiger partial charge in [-0.25, -0.2) is 0 Å². The molecule has 0 bridgehead atoms. The lowest BCUT2D eigenvalue weighted by Gasteiger charge is -2.19. The Morgan fingerprint density at radius 2 is 2.32 bits per heavy atom. The van der Waals surface area contributed by atoms with Crippen molar-refractivity contribution in [2.45, 2.75) is 25.7 Å². The van der Waals surface area contributed by atoms with Gasteiger partial charge in [0.05, 0.1) is 4.47 Å². The van der Waals surface area contributed by atoms with Crippen LogP contribution in [0.25, 0.3) is 0 Å². The Morgan fingerprint density at radius 3 is 2.95 bits per heavy atom. The molecule has 1 aliphatic rings. The van der Waals surface area contributed by atoms with Crippen LogP contribution in [0.3, 0.4) is 0 Å². The Morgan fingerprint density at radius 1 is 1.53 bits per heavy atom. The van der Waals surface area contributed by atoms with E-state index in [2.05, 4.69) is 21.0 Å². The second-order valence-corrected chi connectivity index (χ2v) is 5.96. The number of likely N-dealkylation sites (tertiary alicyclic amines) is 1. The molecule has 1 fully saturated rings. The van der Waals surface area contributed by atoms with Gasteiger partial charge in [-0.1, -0.05) is 0 Å². The summed E-state index contributed by atoms with van der Waals surface area (Å²) in [6.45, 7) is 1.78. The van der Waals surface area contributed by atoms with E-state index in [0.29, 0.717) is 11.6 Å². The van der Waals surface area contributed by atoms with E-state index in [1.165, 1.54) is 0 Å². The molecule has 19 heavy (non-hydrogen) atoms. The van der Waals surface area contributed by atoms with Crippen LogP contribution in [0, 0.1) is 5.92 Å². The number of aromatic nitrogens is 2. The third-order valence-corrected chi connectivity index (χ3v) is 4.24. The van der Waals surface area contributed by atoms with Gasteiger partial charge in [-0.2, -0.15) is 5.10 Å². The summed E-state index contributed by atoms with van der Waals surface area (Å²) in [6, 6.07) is 0. The molecule has 0 aromatic carbocycles. The molecular weight excluding hydrogens is 310 g/mol. The maximum Gasteiger partial charge on any atom is 0.275 e. The summed E-state index contributed by atoms with van der Waals surface area (Å²) in [4.78, 5) is 14.3. The van der Waals surface area contributed by atoms with Gasteiger partial charge in [-0.3, -0.25) is 9.48 Å². The van der Waals surface area contributed by atoms with Crippen molar-refractivity contribution in [3.8, 4) is 0 Å². The van der Waals surface area contributed by atoms with Crippen molar-refractivity contribution in [3.63, 3.8) is 0 Å². The smallest absolute Gasteiger partial charge is 0.275 e. The van der Waals surface area contributed by atoms with Gasteiger partial charge in [0.15, 0.2) is 5.69 Å². The number of amides is 1. The molecule has 2 rings (SSSR count). The molecule has 1 amide bonds. The van der Waals surface area contributed by atoms with Crippen molar-refractivity contribution in [1.82, 2.24) is 14.7 Å². The summed E-state index contributed by atoms with van der Waals surface area (Å²) in [5.74, 6) is 0.534. The van der Waals surface area contributed by atoms with E-state index >= 15 is 0 Å². The van der Waals surface area contributed by atoms with Gasteiger partial charge < -0.3 is 10.0 Å². The number of carbonyl (C=O) groups is 1. The Labute approximate surface area is 121 Å². The van der Waals surface area contributed by atoms with Crippen LogP contribution in [0.2, 0.25) is 0 Å². The molecule has 0 aliphatic carbocycles. The van der Waals surface area contributed by atoms with Crippen LogP contribution >= 0.6 is 15.9 Å². The number of halogens is 1. The highest BCUT2D eigenvalue weighted by atomic mass is 79.9. The second kappa shape index (κ2) is 6.52. The quantitative estimate of drug-likeness (QED) is 0.920. The first-order valence-electron chi connectivity index (χ1n) is 6.71. The standard InChI is InChI=1S/C13H20BrN3O2/c1-16-9-11(14)12(15-16)13(19)17-6-2-3-10(4-7-17)5-8-18/h9-10,18H,2-8H2,1H3. The van der Waals surface area contributed by atoms with Crippen LogP contribution in [-0.4, -0.2) is 45.4 Å². The van der Waals surface area contributed by atoms with Crippen LogP contribution in [0.15, 0.2) is 10.7 Å². The summed E-state index contributed by atoms with van der Waals surface area (Å²) < 4.78 is 2.39. The first-order chi connectivity index (χ1) is 9.11. The van der Waals surface area contributed by atoms with Crippen LogP contribution in [0.5, 0.6) is 0 Å². The van der Waals surface area contributed by atoms with Gasteiger partial charge in [-0.05, 0) is 47.5 Å². The number of aryl methyl sites for hydroxylation is 1. The van der Waals surface area contributed by atoms with E-state index in [-0.39, 0.29) is 12.5 Å². The molecule has 2 heterocycles. The molecule has 1 atom stereocenters. The lowest BCUT2D eigenvalue weighted by Crippen LogP contribution is -2.32. The predicted octanol–water partition coefficient (Wildman–Crippen LogP) is 1.81. The summed E-state index contributed by atoms with van der Waals surface area (Å²) in [5.41, 5.74) is 0.489. The second-order valence-electron chi connectivity index (χ2n) is 5.10. The van der Waals surface area contributed by atoms with E-state index in [0.717, 1.165) is 43.2 Å². The van der Waals surface area contributed by atoms with Crippen molar-refractivity contribution in [3.05, 3.63) is 16.4 Å². The molecule has 1 aliphatic heterocycles. The van der Waals surface area contributed by atoms with Gasteiger partial charge in [0.1, 0.15) is 0 Å². The molecule has 0 radical (unpaired) electrons. The fourth-order valence-electron chi connectivity index (χ4n) is 2.59. The van der Waals surface area contributed by atoms with Crippen molar-refractivity contribution in [1.29, 1.82) is 0 Å². The number of rotatable bonds is 3.